The van der Waals surface area contributed by atoms with Gasteiger partial charge < -0.3 is 11.1 Å². The molecule has 7 heteroatoms. The first kappa shape index (κ1) is 15.1. The van der Waals surface area contributed by atoms with Crippen molar-refractivity contribution in [3.8, 4) is 10.6 Å². The normalized spacial score (nSPS) is 11.7. The van der Waals surface area contributed by atoms with Crippen LogP contribution in [0, 0.1) is 6.92 Å². The maximum Gasteiger partial charge on any atom is 0.242 e. The molecule has 0 bridgehead atoms. The lowest BCUT2D eigenvalue weighted by Crippen LogP contribution is -2.32. The molecular weight excluding hydrogens is 290 g/mol. The third-order valence-electron chi connectivity index (χ3n) is 2.14. The van der Waals surface area contributed by atoms with Gasteiger partial charge in [-0.3, -0.25) is 4.79 Å². The molecule has 0 saturated heterocycles. The average molecular weight is 304 g/mol. The molecule has 0 aromatic carbocycles. The third-order valence-corrected chi connectivity index (χ3v) is 3.92. The molecule has 0 aliphatic heterocycles. The minimum absolute atomic E-state index is 0. The Balaban J connectivity index is 0.00000162. The van der Waals surface area contributed by atoms with Crippen LogP contribution in [0.2, 0.25) is 0 Å². The second-order valence-corrected chi connectivity index (χ2v) is 5.87. The number of rotatable bonds is 3. The molecule has 2 aromatic heterocycles. The van der Waals surface area contributed by atoms with E-state index in [0.29, 0.717) is 5.13 Å². The number of halogens is 1. The zero-order valence-corrected chi connectivity index (χ0v) is 12.4. The van der Waals surface area contributed by atoms with Gasteiger partial charge in [0.2, 0.25) is 5.91 Å². The number of hydrogen-bond acceptors (Lipinski definition) is 5. The van der Waals surface area contributed by atoms with Crippen molar-refractivity contribution in [1.82, 2.24) is 4.98 Å². The van der Waals surface area contributed by atoms with Crippen LogP contribution >= 0.6 is 35.1 Å². The summed E-state index contributed by atoms with van der Waals surface area (Å²) in [5.74, 6) is -0.215. The molecule has 0 saturated carbocycles. The van der Waals surface area contributed by atoms with Gasteiger partial charge in [0.05, 0.1) is 16.6 Å². The number of nitrogens with one attached hydrogen (secondary N) is 1. The molecule has 0 spiro atoms. The topological polar surface area (TPSA) is 68.0 Å². The first-order valence-corrected chi connectivity index (χ1v) is 6.84. The second kappa shape index (κ2) is 6.29. The van der Waals surface area contributed by atoms with Gasteiger partial charge >= 0.3 is 0 Å². The van der Waals surface area contributed by atoms with E-state index in [-0.39, 0.29) is 18.3 Å². The lowest BCUT2D eigenvalue weighted by molar-refractivity contribution is -0.117. The van der Waals surface area contributed by atoms with Gasteiger partial charge in [0.1, 0.15) is 0 Å². The molecule has 0 aliphatic carbocycles. The zero-order valence-electron chi connectivity index (χ0n) is 9.97. The SMILES string of the molecule is Cc1ccc(-c2csc(NC(=O)[C@H](C)N)n2)s1.Cl. The van der Waals surface area contributed by atoms with Crippen LogP contribution in [-0.2, 0) is 4.79 Å². The summed E-state index contributed by atoms with van der Waals surface area (Å²) in [6.45, 7) is 3.70. The van der Waals surface area contributed by atoms with Gasteiger partial charge in [0.25, 0.3) is 0 Å². The van der Waals surface area contributed by atoms with Crippen LogP contribution in [0.3, 0.4) is 0 Å². The third kappa shape index (κ3) is 3.52. The van der Waals surface area contributed by atoms with Crippen molar-refractivity contribution in [2.45, 2.75) is 19.9 Å². The van der Waals surface area contributed by atoms with E-state index in [0.717, 1.165) is 10.6 Å². The predicted molar refractivity (Wildman–Crippen MR) is 79.7 cm³/mol. The first-order valence-electron chi connectivity index (χ1n) is 5.15. The highest BCUT2D eigenvalue weighted by Crippen LogP contribution is 2.30. The van der Waals surface area contributed by atoms with Crippen LogP contribution in [0.4, 0.5) is 5.13 Å². The summed E-state index contributed by atoms with van der Waals surface area (Å²) < 4.78 is 0. The number of anilines is 1. The van der Waals surface area contributed by atoms with E-state index < -0.39 is 6.04 Å². The van der Waals surface area contributed by atoms with Gasteiger partial charge in [-0.2, -0.15) is 0 Å². The number of thiophene rings is 1. The molecule has 4 nitrogen and oxygen atoms in total. The van der Waals surface area contributed by atoms with E-state index in [1.807, 2.05) is 11.4 Å². The van der Waals surface area contributed by atoms with Crippen LogP contribution in [0.1, 0.15) is 11.8 Å². The van der Waals surface area contributed by atoms with Crippen molar-refractivity contribution in [1.29, 1.82) is 0 Å². The summed E-state index contributed by atoms with van der Waals surface area (Å²) in [6, 6.07) is 3.57. The minimum Gasteiger partial charge on any atom is -0.320 e. The molecule has 0 fully saturated rings. The molecule has 1 atom stereocenters. The van der Waals surface area contributed by atoms with E-state index >= 15 is 0 Å². The van der Waals surface area contributed by atoms with E-state index in [4.69, 9.17) is 5.73 Å². The molecule has 0 unspecified atom stereocenters. The van der Waals surface area contributed by atoms with Crippen LogP contribution in [-0.4, -0.2) is 16.9 Å². The van der Waals surface area contributed by atoms with Crippen molar-refractivity contribution < 1.29 is 4.79 Å². The molecule has 1 amide bonds. The average Bonchev–Trinajstić information content (AvgIpc) is 2.86. The summed E-state index contributed by atoms with van der Waals surface area (Å²) >= 11 is 3.09. The van der Waals surface area contributed by atoms with Gasteiger partial charge in [-0.05, 0) is 26.0 Å². The van der Waals surface area contributed by atoms with Gasteiger partial charge in [-0.15, -0.1) is 35.1 Å². The molecule has 2 rings (SSSR count). The molecule has 18 heavy (non-hydrogen) atoms. The first-order chi connectivity index (χ1) is 8.06. The number of carbonyl (C=O) groups is 1. The zero-order chi connectivity index (χ0) is 12.4. The van der Waals surface area contributed by atoms with Crippen molar-refractivity contribution in [3.05, 3.63) is 22.4 Å². The molecule has 98 valence electrons. The fourth-order valence-corrected chi connectivity index (χ4v) is 2.85. The number of amides is 1. The Bertz CT molecular complexity index is 536. The fourth-order valence-electron chi connectivity index (χ4n) is 1.24. The Kier molecular flexibility index (Phi) is 5.28. The van der Waals surface area contributed by atoms with Crippen LogP contribution in [0.5, 0.6) is 0 Å². The molecule has 3 N–H and O–H groups in total. The van der Waals surface area contributed by atoms with Crippen LogP contribution < -0.4 is 11.1 Å². The van der Waals surface area contributed by atoms with E-state index in [1.54, 1.807) is 18.3 Å². The van der Waals surface area contributed by atoms with Crippen molar-refractivity contribution in [2.24, 2.45) is 5.73 Å². The molecule has 2 aromatic rings. The lowest BCUT2D eigenvalue weighted by Gasteiger charge is -2.03. The maximum atomic E-state index is 11.4. The second-order valence-electron chi connectivity index (χ2n) is 3.73. The highest BCUT2D eigenvalue weighted by Gasteiger charge is 2.11. The van der Waals surface area contributed by atoms with E-state index in [2.05, 4.69) is 23.3 Å². The van der Waals surface area contributed by atoms with Gasteiger partial charge in [0.15, 0.2) is 5.13 Å². The van der Waals surface area contributed by atoms with Gasteiger partial charge in [0, 0.05) is 10.3 Å². The number of aromatic nitrogens is 1. The molecule has 2 heterocycles. The Labute approximate surface area is 120 Å². The highest BCUT2D eigenvalue weighted by atomic mass is 35.5. The Morgan fingerprint density at radius 3 is 2.78 bits per heavy atom. The summed E-state index contributed by atoms with van der Waals surface area (Å²) in [5, 5.41) is 5.21. The number of carbonyl (C=O) groups excluding carboxylic acids is 1. The van der Waals surface area contributed by atoms with Gasteiger partial charge in [-0.1, -0.05) is 0 Å². The monoisotopic (exact) mass is 303 g/mol. The van der Waals surface area contributed by atoms with Gasteiger partial charge in [-0.25, -0.2) is 4.98 Å². The standard InChI is InChI=1S/C11H13N3OS2.ClH/c1-6-3-4-9(17-6)8-5-16-11(13-8)14-10(15)7(2)12;/h3-5,7H,12H2,1-2H3,(H,13,14,15);1H/t7-;/m0./s1. The van der Waals surface area contributed by atoms with Crippen molar-refractivity contribution >= 4 is 46.1 Å². The number of aryl methyl sites for hydroxylation is 1. The number of nitrogens with two attached hydrogens (primary N) is 1. The van der Waals surface area contributed by atoms with Crippen LogP contribution in [0.25, 0.3) is 10.6 Å². The lowest BCUT2D eigenvalue weighted by atomic mass is 10.3. The fraction of sp³-hybridized carbons (Fsp3) is 0.273. The summed E-state index contributed by atoms with van der Waals surface area (Å²) in [6.07, 6.45) is 0. The minimum atomic E-state index is -0.522. The Morgan fingerprint density at radius 1 is 1.50 bits per heavy atom. The smallest absolute Gasteiger partial charge is 0.242 e. The number of thiazole rings is 1. The summed E-state index contributed by atoms with van der Waals surface area (Å²) in [5.41, 5.74) is 6.37. The Morgan fingerprint density at radius 2 is 2.22 bits per heavy atom. The molecule has 0 radical (unpaired) electrons. The largest absolute Gasteiger partial charge is 0.320 e. The molecular formula is C11H14ClN3OS2. The quantitative estimate of drug-likeness (QED) is 0.916. The molecule has 0 aliphatic rings. The van der Waals surface area contributed by atoms with E-state index in [1.165, 1.54) is 16.2 Å². The predicted octanol–water partition coefficient (Wildman–Crippen LogP) is 2.89. The van der Waals surface area contributed by atoms with E-state index in [9.17, 15) is 4.79 Å². The van der Waals surface area contributed by atoms with Crippen molar-refractivity contribution in [2.75, 3.05) is 5.32 Å². The summed E-state index contributed by atoms with van der Waals surface area (Å²) in [4.78, 5) is 18.1. The number of hydrogen-bond donors (Lipinski definition) is 2. The maximum absolute atomic E-state index is 11.4. The summed E-state index contributed by atoms with van der Waals surface area (Å²) in [7, 11) is 0. The van der Waals surface area contributed by atoms with Crippen LogP contribution in [0.15, 0.2) is 17.5 Å². The van der Waals surface area contributed by atoms with Crippen molar-refractivity contribution in [3.63, 3.8) is 0 Å². The highest BCUT2D eigenvalue weighted by molar-refractivity contribution is 7.17. The number of nitrogens with zero attached hydrogens (tertiary/aromatic N) is 1. The Hall–Kier alpha value is -0.950.